The molecule has 2 fully saturated rings. The third-order valence-corrected chi connectivity index (χ3v) is 11.4. The molecule has 2 heterocycles. The topological polar surface area (TPSA) is 74.6 Å². The highest BCUT2D eigenvalue weighted by Gasteiger charge is 2.30. The quantitative estimate of drug-likeness (QED) is 0.232. The monoisotopic (exact) mass is 534 g/mol. The Bertz CT molecular complexity index is 762. The van der Waals surface area contributed by atoms with Crippen molar-refractivity contribution in [3.05, 3.63) is 35.4 Å². The highest BCUT2D eigenvalue weighted by Crippen LogP contribution is 2.50. The van der Waals surface area contributed by atoms with Crippen molar-refractivity contribution in [2.24, 2.45) is 11.8 Å². The number of hydrogen-bond acceptors (Lipinski definition) is 4. The minimum absolute atomic E-state index is 0.228. The van der Waals surface area contributed by atoms with E-state index in [-0.39, 0.29) is 11.8 Å². The molecule has 0 aliphatic carbocycles. The molecule has 2 aliphatic rings. The Kier molecular flexibility index (Phi) is 12.5. The second-order valence-corrected chi connectivity index (χ2v) is 14.0. The number of aliphatic carboxylic acids is 2. The van der Waals surface area contributed by atoms with Gasteiger partial charge in [0.25, 0.3) is 0 Å². The Morgan fingerprint density at radius 2 is 1.17 bits per heavy atom. The van der Waals surface area contributed by atoms with Gasteiger partial charge in [0.1, 0.15) is 0 Å². The Balaban J connectivity index is 1.51. The summed E-state index contributed by atoms with van der Waals surface area (Å²) in [6.07, 6.45) is 16.0. The number of carbonyl (C=O) groups is 2. The van der Waals surface area contributed by atoms with E-state index in [4.69, 9.17) is 10.2 Å². The normalized spacial score (nSPS) is 26.3. The minimum atomic E-state index is -0.672. The molecular weight excluding hydrogens is 488 g/mol. The van der Waals surface area contributed by atoms with Crippen LogP contribution in [0.5, 0.6) is 0 Å². The van der Waals surface area contributed by atoms with Crippen molar-refractivity contribution in [1.29, 1.82) is 0 Å². The number of thioether (sulfide) groups is 2. The van der Waals surface area contributed by atoms with Crippen molar-refractivity contribution in [2.45, 2.75) is 125 Å². The highest BCUT2D eigenvalue weighted by atomic mass is 32.2. The summed E-state index contributed by atoms with van der Waals surface area (Å²) in [4.78, 5) is 22.1. The fraction of sp³-hybridized carbons (Fsp3) is 0.733. The number of carboxylic acid groups (broad SMARTS) is 2. The molecular formula is C30H46O4S2. The summed E-state index contributed by atoms with van der Waals surface area (Å²) in [5.41, 5.74) is 3.11. The lowest BCUT2D eigenvalue weighted by molar-refractivity contribution is -0.142. The second-order valence-electron chi connectivity index (χ2n) is 11.0. The first-order valence-electron chi connectivity index (χ1n) is 14.2. The maximum absolute atomic E-state index is 11.1. The molecule has 202 valence electrons. The van der Waals surface area contributed by atoms with Crippen LogP contribution in [0.2, 0.25) is 0 Å². The van der Waals surface area contributed by atoms with E-state index in [2.05, 4.69) is 47.8 Å². The molecule has 36 heavy (non-hydrogen) atoms. The standard InChI is InChI=1S/C30H46O4S2/c1-21(29(31)32)11-3-5-13-23-15-9-19-27(35-23)25-17-7-8-18-26(25)28-20-10-16-24(36-28)14-6-4-12-22(2)30(33)34/h7-8,17-18,21-24,27-28H,3-6,9-16,19-20H2,1-2H3,(H,31,32)(H,33,34). The van der Waals surface area contributed by atoms with Gasteiger partial charge in [-0.3, -0.25) is 9.59 Å². The number of benzene rings is 1. The van der Waals surface area contributed by atoms with Crippen LogP contribution in [0.25, 0.3) is 0 Å². The molecule has 1 aromatic rings. The fourth-order valence-electron chi connectivity index (χ4n) is 5.67. The molecule has 0 radical (unpaired) electrons. The van der Waals surface area contributed by atoms with Gasteiger partial charge in [-0.15, -0.1) is 0 Å². The molecule has 6 unspecified atom stereocenters. The Labute approximate surface area is 226 Å². The smallest absolute Gasteiger partial charge is 0.306 e. The van der Waals surface area contributed by atoms with Gasteiger partial charge < -0.3 is 10.2 Å². The first-order chi connectivity index (χ1) is 17.3. The van der Waals surface area contributed by atoms with Crippen LogP contribution in [-0.4, -0.2) is 32.7 Å². The molecule has 4 nitrogen and oxygen atoms in total. The predicted octanol–water partition coefficient (Wildman–Crippen LogP) is 8.90. The van der Waals surface area contributed by atoms with E-state index < -0.39 is 11.9 Å². The summed E-state index contributed by atoms with van der Waals surface area (Å²) in [6, 6.07) is 9.18. The van der Waals surface area contributed by atoms with Gasteiger partial charge in [-0.25, -0.2) is 0 Å². The van der Waals surface area contributed by atoms with E-state index in [0.29, 0.717) is 21.0 Å². The molecule has 0 saturated carbocycles. The van der Waals surface area contributed by atoms with Gasteiger partial charge in [0, 0.05) is 21.0 Å². The van der Waals surface area contributed by atoms with Crippen LogP contribution in [0.15, 0.2) is 24.3 Å². The van der Waals surface area contributed by atoms with E-state index >= 15 is 0 Å². The lowest BCUT2D eigenvalue weighted by Crippen LogP contribution is -2.17. The van der Waals surface area contributed by atoms with Crippen LogP contribution >= 0.6 is 23.5 Å². The molecule has 3 rings (SSSR count). The largest absolute Gasteiger partial charge is 0.481 e. The average Bonchev–Trinajstić information content (AvgIpc) is 2.89. The second kappa shape index (κ2) is 15.3. The lowest BCUT2D eigenvalue weighted by Gasteiger charge is -2.34. The van der Waals surface area contributed by atoms with Crippen molar-refractivity contribution in [3.8, 4) is 0 Å². The van der Waals surface area contributed by atoms with Gasteiger partial charge in [-0.1, -0.05) is 76.6 Å². The first-order valence-corrected chi connectivity index (χ1v) is 16.1. The van der Waals surface area contributed by atoms with Crippen LogP contribution in [0.4, 0.5) is 0 Å². The molecule has 6 heteroatoms. The van der Waals surface area contributed by atoms with Gasteiger partial charge in [0.05, 0.1) is 11.8 Å². The Morgan fingerprint density at radius 1 is 0.750 bits per heavy atom. The zero-order chi connectivity index (χ0) is 25.9. The predicted molar refractivity (Wildman–Crippen MR) is 153 cm³/mol. The molecule has 0 aromatic heterocycles. The van der Waals surface area contributed by atoms with Crippen LogP contribution < -0.4 is 0 Å². The number of rotatable bonds is 14. The summed E-state index contributed by atoms with van der Waals surface area (Å²) in [5, 5.41) is 20.8. The Hall–Kier alpha value is -1.14. The summed E-state index contributed by atoms with van der Waals surface area (Å²) in [7, 11) is 0. The summed E-state index contributed by atoms with van der Waals surface area (Å²) in [6.45, 7) is 3.64. The van der Waals surface area contributed by atoms with Gasteiger partial charge in [0.15, 0.2) is 0 Å². The summed E-state index contributed by atoms with van der Waals surface area (Å²) in [5.74, 6) is -1.80. The van der Waals surface area contributed by atoms with Gasteiger partial charge >= 0.3 is 11.9 Å². The summed E-state index contributed by atoms with van der Waals surface area (Å²) >= 11 is 4.35. The van der Waals surface area contributed by atoms with Crippen molar-refractivity contribution in [3.63, 3.8) is 0 Å². The molecule has 2 N–H and O–H groups in total. The third kappa shape index (κ3) is 9.31. The highest BCUT2D eigenvalue weighted by molar-refractivity contribution is 8.00. The third-order valence-electron chi connectivity index (χ3n) is 8.06. The SMILES string of the molecule is CC(CCCCC1CCCC(c2ccccc2C2CCCC(CCCCC(C)C(=O)O)S2)S1)C(=O)O. The molecule has 2 aliphatic heterocycles. The Morgan fingerprint density at radius 3 is 1.56 bits per heavy atom. The fourth-order valence-corrected chi connectivity index (χ4v) is 9.14. The van der Waals surface area contributed by atoms with Gasteiger partial charge in [-0.2, -0.15) is 23.5 Å². The van der Waals surface area contributed by atoms with Crippen LogP contribution in [-0.2, 0) is 9.59 Å². The van der Waals surface area contributed by atoms with Gasteiger partial charge in [-0.05, 0) is 62.5 Å². The lowest BCUT2D eigenvalue weighted by atomic mass is 9.94. The number of carboxylic acids is 2. The van der Waals surface area contributed by atoms with E-state index in [9.17, 15) is 9.59 Å². The van der Waals surface area contributed by atoms with Crippen molar-refractivity contribution in [1.82, 2.24) is 0 Å². The summed E-state index contributed by atoms with van der Waals surface area (Å²) < 4.78 is 0. The maximum Gasteiger partial charge on any atom is 0.306 e. The minimum Gasteiger partial charge on any atom is -0.481 e. The molecule has 2 saturated heterocycles. The van der Waals surface area contributed by atoms with Crippen molar-refractivity contribution >= 4 is 35.5 Å². The van der Waals surface area contributed by atoms with Crippen molar-refractivity contribution < 1.29 is 19.8 Å². The zero-order valence-electron chi connectivity index (χ0n) is 22.2. The number of hydrogen-bond donors (Lipinski definition) is 2. The maximum atomic E-state index is 11.1. The van der Waals surface area contributed by atoms with E-state index in [1.807, 2.05) is 13.8 Å². The first kappa shape index (κ1) is 29.4. The molecule has 6 atom stereocenters. The molecule has 0 bridgehead atoms. The van der Waals surface area contributed by atoms with E-state index in [0.717, 1.165) is 38.5 Å². The van der Waals surface area contributed by atoms with Crippen molar-refractivity contribution in [2.75, 3.05) is 0 Å². The van der Waals surface area contributed by atoms with Crippen LogP contribution in [0, 0.1) is 11.8 Å². The molecule has 0 spiro atoms. The zero-order valence-corrected chi connectivity index (χ0v) is 23.8. The van der Waals surface area contributed by atoms with E-state index in [1.54, 1.807) is 11.1 Å². The number of unbranched alkanes of at least 4 members (excludes halogenated alkanes) is 2. The van der Waals surface area contributed by atoms with Crippen LogP contribution in [0.3, 0.4) is 0 Å². The van der Waals surface area contributed by atoms with E-state index in [1.165, 1.54) is 51.4 Å². The molecule has 0 amide bonds. The molecule has 1 aromatic carbocycles. The average molecular weight is 535 g/mol. The van der Waals surface area contributed by atoms with Gasteiger partial charge in [0.2, 0.25) is 0 Å². The van der Waals surface area contributed by atoms with Crippen LogP contribution in [0.1, 0.15) is 125 Å².